The van der Waals surface area contributed by atoms with Crippen molar-refractivity contribution in [1.82, 2.24) is 33.8 Å². The first-order valence-electron chi connectivity index (χ1n) is 12.3. The van der Waals surface area contributed by atoms with E-state index < -0.39 is 16.1 Å². The summed E-state index contributed by atoms with van der Waals surface area (Å²) in [6, 6.07) is 8.81. The fourth-order valence-electron chi connectivity index (χ4n) is 4.71. The summed E-state index contributed by atoms with van der Waals surface area (Å²) in [4.78, 5) is 17.8. The van der Waals surface area contributed by atoms with Crippen LogP contribution in [0.15, 0.2) is 30.3 Å². The lowest BCUT2D eigenvalue weighted by molar-refractivity contribution is 0.102. The van der Waals surface area contributed by atoms with E-state index in [0.717, 1.165) is 24.0 Å². The smallest absolute Gasteiger partial charge is 0.282 e. The van der Waals surface area contributed by atoms with Gasteiger partial charge in [0.1, 0.15) is 17.3 Å². The van der Waals surface area contributed by atoms with Gasteiger partial charge in [0.05, 0.1) is 18.7 Å². The first kappa shape index (κ1) is 25.2. The van der Waals surface area contributed by atoms with E-state index in [0.29, 0.717) is 54.7 Å². The molecule has 2 aliphatic rings. The number of rotatable bonds is 7. The van der Waals surface area contributed by atoms with E-state index in [4.69, 9.17) is 4.74 Å². The van der Waals surface area contributed by atoms with Gasteiger partial charge in [-0.05, 0) is 78.9 Å². The molecule has 4 heterocycles. The van der Waals surface area contributed by atoms with Crippen molar-refractivity contribution >= 4 is 21.9 Å². The zero-order valence-corrected chi connectivity index (χ0v) is 21.9. The van der Waals surface area contributed by atoms with E-state index in [9.17, 15) is 13.2 Å². The Bertz CT molecular complexity index is 1420. The van der Waals surface area contributed by atoms with Crippen LogP contribution in [0.25, 0.3) is 11.5 Å². The zero-order chi connectivity index (χ0) is 26.2. The molecule has 0 saturated carbocycles. The van der Waals surface area contributed by atoms with Crippen LogP contribution in [0, 0.1) is 0 Å². The monoisotopic (exact) mass is 526 g/mol. The second kappa shape index (κ2) is 10.1. The number of carbonyl (C=O) groups is 1. The molecule has 1 fully saturated rings. The minimum atomic E-state index is -3.53. The van der Waals surface area contributed by atoms with Crippen LogP contribution < -0.4 is 10.1 Å². The molecule has 2 aliphatic heterocycles. The van der Waals surface area contributed by atoms with Crippen molar-refractivity contribution in [2.75, 3.05) is 32.1 Å². The Hall–Kier alpha value is -3.42. The summed E-state index contributed by atoms with van der Waals surface area (Å²) in [7, 11) is -2.02. The van der Waals surface area contributed by atoms with Gasteiger partial charge in [0.15, 0.2) is 0 Å². The van der Waals surface area contributed by atoms with E-state index in [1.807, 2.05) is 19.9 Å². The minimum absolute atomic E-state index is 0.0404. The summed E-state index contributed by atoms with van der Waals surface area (Å²) in [5, 5.41) is 14.6. The van der Waals surface area contributed by atoms with E-state index in [-0.39, 0.29) is 12.6 Å². The van der Waals surface area contributed by atoms with Crippen molar-refractivity contribution < 1.29 is 17.9 Å². The summed E-state index contributed by atoms with van der Waals surface area (Å²) in [6.07, 6.45) is 2.31. The maximum absolute atomic E-state index is 13.3. The molecule has 12 nitrogen and oxygen atoms in total. The predicted octanol–water partition coefficient (Wildman–Crippen LogP) is 2.28. The molecule has 1 aromatic carbocycles. The Morgan fingerprint density at radius 2 is 1.86 bits per heavy atom. The number of benzene rings is 1. The molecule has 1 N–H and O–H groups in total. The normalized spacial score (nSPS) is 16.6. The zero-order valence-electron chi connectivity index (χ0n) is 21.1. The van der Waals surface area contributed by atoms with Gasteiger partial charge in [-0.15, -0.1) is 5.10 Å². The number of amides is 1. The minimum Gasteiger partial charge on any atom is -0.496 e. The molecule has 0 radical (unpaired) electrons. The van der Waals surface area contributed by atoms with Gasteiger partial charge in [-0.3, -0.25) is 4.79 Å². The second-order valence-electron chi connectivity index (χ2n) is 9.42. The first-order valence-corrected chi connectivity index (χ1v) is 13.7. The number of aromatic nitrogens is 5. The average molecular weight is 527 g/mol. The molecular weight excluding hydrogens is 496 g/mol. The van der Waals surface area contributed by atoms with Crippen molar-refractivity contribution in [3.8, 4) is 17.3 Å². The Balaban J connectivity index is 1.39. The quantitative estimate of drug-likeness (QED) is 0.495. The van der Waals surface area contributed by atoms with E-state index >= 15 is 0 Å². The topological polar surface area (TPSA) is 135 Å². The number of methoxy groups -OCH3 is 1. The third-order valence-electron chi connectivity index (χ3n) is 6.66. The summed E-state index contributed by atoms with van der Waals surface area (Å²) in [6.45, 7) is 5.64. The number of pyridine rings is 1. The molecular formula is C24H30N8O4S. The molecule has 5 rings (SSSR count). The number of nitrogens with zero attached hydrogens (tertiary/aromatic N) is 7. The Kier molecular flexibility index (Phi) is 6.92. The molecule has 0 atom stereocenters. The molecule has 2 aromatic heterocycles. The van der Waals surface area contributed by atoms with Crippen molar-refractivity contribution in [1.29, 1.82) is 0 Å². The number of tetrazole rings is 1. The van der Waals surface area contributed by atoms with Gasteiger partial charge in [-0.2, -0.15) is 17.0 Å². The number of ether oxygens (including phenoxy) is 1. The van der Waals surface area contributed by atoms with Gasteiger partial charge in [0.2, 0.25) is 5.82 Å². The highest BCUT2D eigenvalue weighted by Crippen LogP contribution is 2.31. The second-order valence-corrected chi connectivity index (χ2v) is 11.4. The molecule has 1 amide bonds. The van der Waals surface area contributed by atoms with Crippen LogP contribution in [0.5, 0.6) is 5.75 Å². The molecule has 13 heteroatoms. The first-order chi connectivity index (χ1) is 17.8. The highest BCUT2D eigenvalue weighted by atomic mass is 32.2. The van der Waals surface area contributed by atoms with Crippen LogP contribution in [0.1, 0.15) is 54.2 Å². The molecule has 3 aromatic rings. The fourth-order valence-corrected chi connectivity index (χ4v) is 6.38. The maximum atomic E-state index is 13.3. The van der Waals surface area contributed by atoms with Crippen LogP contribution in [0.3, 0.4) is 0 Å². The Morgan fingerprint density at radius 3 is 2.59 bits per heavy atom. The van der Waals surface area contributed by atoms with Crippen LogP contribution in [-0.2, 0) is 23.2 Å². The number of hydrogen-bond donors (Lipinski definition) is 1. The molecule has 0 spiro atoms. The summed E-state index contributed by atoms with van der Waals surface area (Å²) < 4.78 is 36.4. The van der Waals surface area contributed by atoms with E-state index in [2.05, 4.69) is 25.8 Å². The standard InChI is InChI=1S/C24H30N8O4S/c1-16(2)32-23(27-28-29-32)20-7-6-8-22(25-20)26-24(33)19-13-18-15-31(12-9-17(18)14-21(19)36-3)37(34,35)30-10-4-5-11-30/h6-8,13-14,16H,4-5,9-12,15H2,1-3H3,(H,25,26,33). The lowest BCUT2D eigenvalue weighted by atomic mass is 9.97. The Morgan fingerprint density at radius 1 is 1.08 bits per heavy atom. The Labute approximate surface area is 215 Å². The number of anilines is 1. The lowest BCUT2D eigenvalue weighted by Crippen LogP contribution is -2.44. The average Bonchev–Trinajstić information content (AvgIpc) is 3.61. The SMILES string of the molecule is COc1cc2c(cc1C(=O)Nc1cccc(-c3nnnn3C(C)C)n1)CN(S(=O)(=O)N1CCCC1)CC2. The number of nitrogens with one attached hydrogen (secondary N) is 1. The van der Waals surface area contributed by atoms with Gasteiger partial charge < -0.3 is 10.1 Å². The molecule has 1 saturated heterocycles. The maximum Gasteiger partial charge on any atom is 0.282 e. The van der Waals surface area contributed by atoms with Crippen LogP contribution in [0.2, 0.25) is 0 Å². The molecule has 0 unspecified atom stereocenters. The number of fused-ring (bicyclic) bond motifs is 1. The molecule has 37 heavy (non-hydrogen) atoms. The van der Waals surface area contributed by atoms with Gasteiger partial charge in [-0.25, -0.2) is 9.67 Å². The third-order valence-corrected chi connectivity index (χ3v) is 8.64. The van der Waals surface area contributed by atoms with Crippen LogP contribution >= 0.6 is 0 Å². The van der Waals surface area contributed by atoms with Crippen molar-refractivity contribution in [2.45, 2.75) is 45.7 Å². The van der Waals surface area contributed by atoms with Gasteiger partial charge in [0, 0.05) is 26.2 Å². The number of carbonyl (C=O) groups excluding carboxylic acids is 1. The third kappa shape index (κ3) is 4.93. The highest BCUT2D eigenvalue weighted by molar-refractivity contribution is 7.86. The molecule has 0 aliphatic carbocycles. The van der Waals surface area contributed by atoms with E-state index in [1.165, 1.54) is 11.4 Å². The van der Waals surface area contributed by atoms with Crippen molar-refractivity contribution in [2.24, 2.45) is 0 Å². The number of hydrogen-bond acceptors (Lipinski definition) is 8. The van der Waals surface area contributed by atoms with Crippen molar-refractivity contribution in [3.05, 3.63) is 47.0 Å². The van der Waals surface area contributed by atoms with Crippen LogP contribution in [0.4, 0.5) is 5.82 Å². The molecule has 0 bridgehead atoms. The fraction of sp³-hybridized carbons (Fsp3) is 0.458. The van der Waals surface area contributed by atoms with Gasteiger partial charge in [0.25, 0.3) is 16.1 Å². The summed E-state index contributed by atoms with van der Waals surface area (Å²) in [5.41, 5.74) is 2.59. The summed E-state index contributed by atoms with van der Waals surface area (Å²) in [5.74, 6) is 0.842. The van der Waals surface area contributed by atoms with Gasteiger partial charge in [-0.1, -0.05) is 6.07 Å². The van der Waals surface area contributed by atoms with Crippen LogP contribution in [-0.4, -0.2) is 74.9 Å². The largest absolute Gasteiger partial charge is 0.496 e. The van der Waals surface area contributed by atoms with E-state index in [1.54, 1.807) is 33.3 Å². The summed E-state index contributed by atoms with van der Waals surface area (Å²) >= 11 is 0. The lowest BCUT2D eigenvalue weighted by Gasteiger charge is -2.31. The molecule has 196 valence electrons. The van der Waals surface area contributed by atoms with Crippen molar-refractivity contribution in [3.63, 3.8) is 0 Å². The highest BCUT2D eigenvalue weighted by Gasteiger charge is 2.34. The van der Waals surface area contributed by atoms with Gasteiger partial charge >= 0.3 is 0 Å². The predicted molar refractivity (Wildman–Crippen MR) is 136 cm³/mol.